The van der Waals surface area contributed by atoms with Crippen LogP contribution in [0.2, 0.25) is 0 Å². The van der Waals surface area contributed by atoms with E-state index in [2.05, 4.69) is 4.52 Å². The molecule has 7 nitrogen and oxygen atoms in total. The fourth-order valence-electron chi connectivity index (χ4n) is 1.03. The van der Waals surface area contributed by atoms with Gasteiger partial charge in [-0.1, -0.05) is 0 Å². The van der Waals surface area contributed by atoms with Crippen molar-refractivity contribution in [1.29, 1.82) is 0 Å². The van der Waals surface area contributed by atoms with Crippen molar-refractivity contribution in [2.24, 2.45) is 0 Å². The molecule has 1 fully saturated rings. The highest BCUT2D eigenvalue weighted by Crippen LogP contribution is 2.40. The summed E-state index contributed by atoms with van der Waals surface area (Å²) >= 11 is 0. The molecular weight excluding hydrogens is 203 g/mol. The molecule has 1 rings (SSSR count). The SMILES string of the molecule is CC1OC(OP(=O)(O)O)C(O)C1O. The summed E-state index contributed by atoms with van der Waals surface area (Å²) in [6.45, 7) is 1.46. The number of rotatable bonds is 2. The fraction of sp³-hybridized carbons (Fsp3) is 1.00. The largest absolute Gasteiger partial charge is 0.472 e. The van der Waals surface area contributed by atoms with Gasteiger partial charge in [0.1, 0.15) is 12.2 Å². The van der Waals surface area contributed by atoms with E-state index in [0.29, 0.717) is 0 Å². The monoisotopic (exact) mass is 214 g/mol. The van der Waals surface area contributed by atoms with E-state index in [4.69, 9.17) is 24.7 Å². The second-order valence-electron chi connectivity index (χ2n) is 2.79. The zero-order valence-corrected chi connectivity index (χ0v) is 7.66. The molecule has 4 atom stereocenters. The Hall–Kier alpha value is -0.0100. The predicted octanol–water partition coefficient (Wildman–Crippen LogP) is -1.44. The van der Waals surface area contributed by atoms with E-state index in [1.807, 2.05) is 0 Å². The van der Waals surface area contributed by atoms with E-state index in [9.17, 15) is 4.57 Å². The Morgan fingerprint density at radius 2 is 1.85 bits per heavy atom. The molecule has 0 radical (unpaired) electrons. The lowest BCUT2D eigenvalue weighted by atomic mass is 10.2. The maximum absolute atomic E-state index is 10.3. The molecule has 0 aromatic carbocycles. The minimum absolute atomic E-state index is 0.716. The van der Waals surface area contributed by atoms with Gasteiger partial charge in [-0.3, -0.25) is 4.52 Å². The molecule has 13 heavy (non-hydrogen) atoms. The van der Waals surface area contributed by atoms with Crippen molar-refractivity contribution in [2.75, 3.05) is 0 Å². The quantitative estimate of drug-likeness (QED) is 0.416. The first kappa shape index (κ1) is 11.1. The van der Waals surface area contributed by atoms with Crippen molar-refractivity contribution in [1.82, 2.24) is 0 Å². The maximum Gasteiger partial charge on any atom is 0.472 e. The van der Waals surface area contributed by atoms with Gasteiger partial charge in [-0.2, -0.15) is 0 Å². The third kappa shape index (κ3) is 2.72. The van der Waals surface area contributed by atoms with Crippen LogP contribution in [0, 0.1) is 0 Å². The zero-order chi connectivity index (χ0) is 10.2. The standard InChI is InChI=1S/C5H11O7P/c1-2-3(6)4(7)5(11-2)12-13(8,9)10/h2-7H,1H3,(H2,8,9,10). The minimum atomic E-state index is -4.70. The molecule has 1 aliphatic heterocycles. The second-order valence-corrected chi connectivity index (χ2v) is 3.98. The van der Waals surface area contributed by atoms with Gasteiger partial charge >= 0.3 is 7.82 Å². The molecule has 4 unspecified atom stereocenters. The van der Waals surface area contributed by atoms with Crippen LogP contribution in [0.4, 0.5) is 0 Å². The number of phosphoric acid groups is 1. The Morgan fingerprint density at radius 3 is 2.15 bits per heavy atom. The first-order valence-corrected chi connectivity index (χ1v) is 5.10. The van der Waals surface area contributed by atoms with E-state index in [-0.39, 0.29) is 0 Å². The molecule has 0 bridgehead atoms. The first-order chi connectivity index (χ1) is 5.81. The van der Waals surface area contributed by atoms with Crippen molar-refractivity contribution in [3.63, 3.8) is 0 Å². The summed E-state index contributed by atoms with van der Waals surface area (Å²) in [6, 6.07) is 0. The molecule has 1 saturated heterocycles. The lowest BCUT2D eigenvalue weighted by Gasteiger charge is -2.15. The van der Waals surface area contributed by atoms with Gasteiger partial charge in [0.05, 0.1) is 6.10 Å². The van der Waals surface area contributed by atoms with Gasteiger partial charge in [-0.05, 0) is 6.92 Å². The second kappa shape index (κ2) is 3.62. The Labute approximate surface area is 74.1 Å². The maximum atomic E-state index is 10.3. The number of hydrogen-bond donors (Lipinski definition) is 4. The van der Waals surface area contributed by atoms with Crippen LogP contribution in [-0.4, -0.2) is 44.6 Å². The van der Waals surface area contributed by atoms with Crippen LogP contribution in [0.25, 0.3) is 0 Å². The number of phosphoric ester groups is 1. The van der Waals surface area contributed by atoms with Crippen LogP contribution in [-0.2, 0) is 13.8 Å². The van der Waals surface area contributed by atoms with Crippen molar-refractivity contribution in [3.8, 4) is 0 Å². The summed E-state index contributed by atoms with van der Waals surface area (Å²) in [6.07, 6.45) is -4.84. The third-order valence-corrected chi connectivity index (χ3v) is 2.18. The van der Waals surface area contributed by atoms with E-state index in [1.165, 1.54) is 6.92 Å². The van der Waals surface area contributed by atoms with Crippen LogP contribution < -0.4 is 0 Å². The van der Waals surface area contributed by atoms with Crippen LogP contribution in [0.1, 0.15) is 6.92 Å². The normalized spacial score (nSPS) is 41.0. The molecule has 0 aliphatic carbocycles. The molecule has 0 aromatic rings. The summed E-state index contributed by atoms with van der Waals surface area (Å²) < 4.78 is 19.2. The van der Waals surface area contributed by atoms with Gasteiger partial charge in [0.15, 0.2) is 6.29 Å². The van der Waals surface area contributed by atoms with Gasteiger partial charge in [-0.25, -0.2) is 4.57 Å². The topological polar surface area (TPSA) is 116 Å². The molecule has 0 spiro atoms. The number of aliphatic hydroxyl groups is 2. The summed E-state index contributed by atoms with van der Waals surface area (Å²) in [5.74, 6) is 0. The van der Waals surface area contributed by atoms with Gasteiger partial charge < -0.3 is 24.7 Å². The van der Waals surface area contributed by atoms with Crippen LogP contribution in [0.15, 0.2) is 0 Å². The highest BCUT2D eigenvalue weighted by atomic mass is 31.2. The Bertz CT molecular complexity index is 225. The Balaban J connectivity index is 2.59. The fourth-order valence-corrected chi connectivity index (χ4v) is 1.48. The van der Waals surface area contributed by atoms with Crippen LogP contribution in [0.5, 0.6) is 0 Å². The van der Waals surface area contributed by atoms with Crippen molar-refractivity contribution >= 4 is 7.82 Å². The van der Waals surface area contributed by atoms with Gasteiger partial charge in [0, 0.05) is 0 Å². The summed E-state index contributed by atoms with van der Waals surface area (Å²) in [7, 11) is -4.70. The van der Waals surface area contributed by atoms with Crippen LogP contribution in [0.3, 0.4) is 0 Å². The van der Waals surface area contributed by atoms with Gasteiger partial charge in [0.2, 0.25) is 0 Å². The van der Waals surface area contributed by atoms with Gasteiger partial charge in [0.25, 0.3) is 0 Å². The molecule has 0 amide bonds. The molecule has 8 heteroatoms. The molecule has 4 N–H and O–H groups in total. The van der Waals surface area contributed by atoms with Crippen molar-refractivity contribution in [3.05, 3.63) is 0 Å². The highest BCUT2D eigenvalue weighted by molar-refractivity contribution is 7.46. The third-order valence-electron chi connectivity index (χ3n) is 1.70. The summed E-state index contributed by atoms with van der Waals surface area (Å²) in [4.78, 5) is 16.8. The van der Waals surface area contributed by atoms with E-state index in [0.717, 1.165) is 0 Å². The summed E-state index contributed by atoms with van der Waals surface area (Å²) in [5, 5.41) is 18.3. The smallest absolute Gasteiger partial charge is 0.388 e. The van der Waals surface area contributed by atoms with Crippen molar-refractivity contribution in [2.45, 2.75) is 31.5 Å². The van der Waals surface area contributed by atoms with E-state index in [1.54, 1.807) is 0 Å². The molecule has 0 saturated carbocycles. The van der Waals surface area contributed by atoms with E-state index < -0.39 is 32.4 Å². The number of hydrogen-bond acceptors (Lipinski definition) is 5. The number of ether oxygens (including phenoxy) is 1. The highest BCUT2D eigenvalue weighted by Gasteiger charge is 2.43. The average molecular weight is 214 g/mol. The minimum Gasteiger partial charge on any atom is -0.388 e. The molecule has 78 valence electrons. The van der Waals surface area contributed by atoms with Crippen molar-refractivity contribution < 1.29 is 33.8 Å². The Kier molecular flexibility index (Phi) is 3.09. The Morgan fingerprint density at radius 1 is 1.31 bits per heavy atom. The van der Waals surface area contributed by atoms with E-state index >= 15 is 0 Å². The lowest BCUT2D eigenvalue weighted by Crippen LogP contribution is -2.32. The predicted molar refractivity (Wildman–Crippen MR) is 39.5 cm³/mol. The lowest BCUT2D eigenvalue weighted by molar-refractivity contribution is -0.117. The average Bonchev–Trinajstić information content (AvgIpc) is 2.15. The first-order valence-electron chi connectivity index (χ1n) is 3.57. The molecule has 1 aliphatic rings. The summed E-state index contributed by atoms with van der Waals surface area (Å²) in [5.41, 5.74) is 0. The molecule has 0 aromatic heterocycles. The number of aliphatic hydroxyl groups excluding tert-OH is 2. The van der Waals surface area contributed by atoms with Crippen LogP contribution >= 0.6 is 7.82 Å². The molecule has 1 heterocycles. The zero-order valence-electron chi connectivity index (χ0n) is 6.77. The van der Waals surface area contributed by atoms with Gasteiger partial charge in [-0.15, -0.1) is 0 Å². The molecular formula is C5H11O7P.